The minimum absolute atomic E-state index is 0.00254. The molecule has 3 rings (SSSR count). The standard InChI is InChI=1S/C17H13FN4O4/c1-25-16-6-5-12(18)8-14(16)15(23)9-26-17(24)11-3-2-4-13(7-11)22-10-19-20-21-22/h2-8,10H,9H2,1H3. The molecule has 0 saturated carbocycles. The summed E-state index contributed by atoms with van der Waals surface area (Å²) in [5.41, 5.74) is 0.780. The van der Waals surface area contributed by atoms with Gasteiger partial charge in [0.25, 0.3) is 0 Å². The van der Waals surface area contributed by atoms with Crippen molar-refractivity contribution in [2.24, 2.45) is 0 Å². The lowest BCUT2D eigenvalue weighted by Gasteiger charge is -2.09. The van der Waals surface area contributed by atoms with E-state index in [2.05, 4.69) is 15.5 Å². The van der Waals surface area contributed by atoms with Crippen molar-refractivity contribution in [3.05, 3.63) is 65.7 Å². The quantitative estimate of drug-likeness (QED) is 0.491. The van der Waals surface area contributed by atoms with Crippen LogP contribution >= 0.6 is 0 Å². The van der Waals surface area contributed by atoms with Crippen LogP contribution in [0, 0.1) is 5.82 Å². The fourth-order valence-electron chi connectivity index (χ4n) is 2.25. The molecule has 26 heavy (non-hydrogen) atoms. The number of Topliss-reactive ketones (excluding diaryl/α,β-unsaturated/α-hetero) is 1. The molecular weight excluding hydrogens is 343 g/mol. The Bertz CT molecular complexity index is 944. The number of ether oxygens (including phenoxy) is 2. The van der Waals surface area contributed by atoms with E-state index in [0.29, 0.717) is 5.69 Å². The Morgan fingerprint density at radius 1 is 1.19 bits per heavy atom. The molecule has 2 aromatic carbocycles. The van der Waals surface area contributed by atoms with E-state index >= 15 is 0 Å². The molecule has 0 unspecified atom stereocenters. The number of hydrogen-bond donors (Lipinski definition) is 0. The highest BCUT2D eigenvalue weighted by Crippen LogP contribution is 2.20. The van der Waals surface area contributed by atoms with Gasteiger partial charge in [-0.15, -0.1) is 5.10 Å². The van der Waals surface area contributed by atoms with Gasteiger partial charge in [0, 0.05) is 0 Å². The molecule has 0 radical (unpaired) electrons. The third-order valence-electron chi connectivity index (χ3n) is 3.49. The number of rotatable bonds is 6. The van der Waals surface area contributed by atoms with Crippen LogP contribution < -0.4 is 4.74 Å². The van der Waals surface area contributed by atoms with E-state index in [0.717, 1.165) is 6.07 Å². The number of methoxy groups -OCH3 is 1. The molecular formula is C17H13FN4O4. The number of nitrogens with zero attached hydrogens (tertiary/aromatic N) is 4. The molecule has 8 nitrogen and oxygen atoms in total. The van der Waals surface area contributed by atoms with Gasteiger partial charge in [0.1, 0.15) is 17.9 Å². The van der Waals surface area contributed by atoms with Crippen molar-refractivity contribution in [2.45, 2.75) is 0 Å². The number of halogens is 1. The maximum atomic E-state index is 13.4. The highest BCUT2D eigenvalue weighted by Gasteiger charge is 2.17. The van der Waals surface area contributed by atoms with Gasteiger partial charge in [0.15, 0.2) is 6.61 Å². The number of benzene rings is 2. The monoisotopic (exact) mass is 356 g/mol. The van der Waals surface area contributed by atoms with Crippen LogP contribution in [0.5, 0.6) is 5.75 Å². The lowest BCUT2D eigenvalue weighted by molar-refractivity contribution is 0.0474. The first-order chi connectivity index (χ1) is 12.6. The van der Waals surface area contributed by atoms with Gasteiger partial charge in [-0.25, -0.2) is 13.9 Å². The number of aromatic nitrogens is 4. The zero-order chi connectivity index (χ0) is 18.5. The van der Waals surface area contributed by atoms with Crippen LogP contribution in [0.15, 0.2) is 48.8 Å². The molecule has 0 fully saturated rings. The average molecular weight is 356 g/mol. The summed E-state index contributed by atoms with van der Waals surface area (Å²) in [6.45, 7) is -0.548. The highest BCUT2D eigenvalue weighted by atomic mass is 19.1. The van der Waals surface area contributed by atoms with Crippen LogP contribution in [0.4, 0.5) is 4.39 Å². The van der Waals surface area contributed by atoms with E-state index in [4.69, 9.17) is 9.47 Å². The van der Waals surface area contributed by atoms with Crippen molar-refractivity contribution >= 4 is 11.8 Å². The van der Waals surface area contributed by atoms with Crippen molar-refractivity contribution < 1.29 is 23.5 Å². The summed E-state index contributed by atoms with van der Waals surface area (Å²) in [5.74, 6) is -1.67. The van der Waals surface area contributed by atoms with Gasteiger partial charge >= 0.3 is 5.97 Å². The van der Waals surface area contributed by atoms with E-state index in [-0.39, 0.29) is 16.9 Å². The van der Waals surface area contributed by atoms with E-state index in [9.17, 15) is 14.0 Å². The van der Waals surface area contributed by atoms with Crippen molar-refractivity contribution in [3.63, 3.8) is 0 Å². The second kappa shape index (κ2) is 7.51. The van der Waals surface area contributed by atoms with Gasteiger partial charge in [-0.3, -0.25) is 4.79 Å². The fraction of sp³-hybridized carbons (Fsp3) is 0.118. The Morgan fingerprint density at radius 3 is 2.77 bits per heavy atom. The summed E-state index contributed by atoms with van der Waals surface area (Å²) in [5, 5.41) is 10.8. The minimum atomic E-state index is -0.705. The van der Waals surface area contributed by atoms with E-state index < -0.39 is 24.2 Å². The lowest BCUT2D eigenvalue weighted by Crippen LogP contribution is -2.15. The van der Waals surface area contributed by atoms with Crippen LogP contribution in [-0.4, -0.2) is 45.7 Å². The third kappa shape index (κ3) is 3.72. The minimum Gasteiger partial charge on any atom is -0.496 e. The van der Waals surface area contributed by atoms with Crippen molar-refractivity contribution in [2.75, 3.05) is 13.7 Å². The zero-order valence-electron chi connectivity index (χ0n) is 13.6. The van der Waals surface area contributed by atoms with Gasteiger partial charge in [0.05, 0.1) is 23.9 Å². The van der Waals surface area contributed by atoms with Crippen LogP contribution in [-0.2, 0) is 4.74 Å². The molecule has 132 valence electrons. The maximum Gasteiger partial charge on any atom is 0.338 e. The molecule has 1 aromatic heterocycles. The van der Waals surface area contributed by atoms with Gasteiger partial charge in [0.2, 0.25) is 5.78 Å². The van der Waals surface area contributed by atoms with Gasteiger partial charge < -0.3 is 9.47 Å². The smallest absolute Gasteiger partial charge is 0.338 e. The Balaban J connectivity index is 1.70. The molecule has 0 bridgehead atoms. The zero-order valence-corrected chi connectivity index (χ0v) is 13.6. The molecule has 0 aliphatic rings. The molecule has 0 saturated heterocycles. The second-order valence-corrected chi connectivity index (χ2v) is 5.15. The molecule has 0 N–H and O–H groups in total. The lowest BCUT2D eigenvalue weighted by atomic mass is 10.1. The molecule has 0 amide bonds. The first-order valence-electron chi connectivity index (χ1n) is 7.46. The van der Waals surface area contributed by atoms with Crippen LogP contribution in [0.1, 0.15) is 20.7 Å². The second-order valence-electron chi connectivity index (χ2n) is 5.15. The van der Waals surface area contributed by atoms with Crippen LogP contribution in [0.25, 0.3) is 5.69 Å². The van der Waals surface area contributed by atoms with Crippen molar-refractivity contribution in [3.8, 4) is 11.4 Å². The summed E-state index contributed by atoms with van der Waals surface area (Å²) in [6, 6.07) is 9.93. The topological polar surface area (TPSA) is 96.2 Å². The van der Waals surface area contributed by atoms with Crippen LogP contribution in [0.2, 0.25) is 0 Å². The number of esters is 1. The predicted octanol–water partition coefficient (Wildman–Crippen LogP) is 1.85. The summed E-state index contributed by atoms with van der Waals surface area (Å²) in [4.78, 5) is 24.4. The number of carbonyl (C=O) groups excluding carboxylic acids is 2. The van der Waals surface area contributed by atoms with E-state index in [1.165, 1.54) is 42.4 Å². The Morgan fingerprint density at radius 2 is 2.04 bits per heavy atom. The Hall–Kier alpha value is -3.62. The molecule has 0 atom stereocenters. The first-order valence-corrected chi connectivity index (χ1v) is 7.46. The number of ketones is 1. The normalized spacial score (nSPS) is 10.4. The van der Waals surface area contributed by atoms with Gasteiger partial charge in [-0.05, 0) is 46.8 Å². The predicted molar refractivity (Wildman–Crippen MR) is 86.7 cm³/mol. The van der Waals surface area contributed by atoms with E-state index in [1.54, 1.807) is 12.1 Å². The highest BCUT2D eigenvalue weighted by molar-refractivity contribution is 6.01. The van der Waals surface area contributed by atoms with E-state index in [1.807, 2.05) is 0 Å². The average Bonchev–Trinajstić information content (AvgIpc) is 3.20. The van der Waals surface area contributed by atoms with Crippen LogP contribution in [0.3, 0.4) is 0 Å². The number of tetrazole rings is 1. The molecule has 0 aliphatic heterocycles. The van der Waals surface area contributed by atoms with Crippen molar-refractivity contribution in [1.29, 1.82) is 0 Å². The molecule has 0 aliphatic carbocycles. The molecule has 0 spiro atoms. The number of carbonyl (C=O) groups is 2. The summed E-state index contributed by atoms with van der Waals surface area (Å²) in [7, 11) is 1.36. The summed E-state index contributed by atoms with van der Waals surface area (Å²) < 4.78 is 24.8. The molecule has 9 heteroatoms. The first kappa shape index (κ1) is 17.2. The van der Waals surface area contributed by atoms with Gasteiger partial charge in [-0.1, -0.05) is 6.07 Å². The Kier molecular flexibility index (Phi) is 4.97. The molecule has 3 aromatic rings. The van der Waals surface area contributed by atoms with Crippen molar-refractivity contribution in [1.82, 2.24) is 20.2 Å². The number of hydrogen-bond acceptors (Lipinski definition) is 7. The Labute approximate surface area is 147 Å². The molecule has 1 heterocycles. The third-order valence-corrected chi connectivity index (χ3v) is 3.49. The largest absolute Gasteiger partial charge is 0.496 e. The summed E-state index contributed by atoms with van der Waals surface area (Å²) >= 11 is 0. The maximum absolute atomic E-state index is 13.4. The summed E-state index contributed by atoms with van der Waals surface area (Å²) in [6.07, 6.45) is 1.38. The fourth-order valence-corrected chi connectivity index (χ4v) is 2.25. The van der Waals surface area contributed by atoms with Gasteiger partial charge in [-0.2, -0.15) is 0 Å². The SMILES string of the molecule is COc1ccc(F)cc1C(=O)COC(=O)c1cccc(-n2cnnn2)c1.